The lowest BCUT2D eigenvalue weighted by atomic mass is 10.2. The maximum Gasteiger partial charge on any atom is 0.416 e. The number of nitro groups is 1. The van der Waals surface area contributed by atoms with E-state index in [0.29, 0.717) is 16.4 Å². The number of amides is 1. The molecule has 31 heavy (non-hydrogen) atoms. The Labute approximate surface area is 177 Å². The second-order valence-corrected chi connectivity index (χ2v) is 7.02. The van der Waals surface area contributed by atoms with Crippen LogP contribution in [0.1, 0.15) is 16.8 Å². The Morgan fingerprint density at radius 1 is 1.23 bits per heavy atom. The largest absolute Gasteiger partial charge is 0.416 e. The molecule has 0 aliphatic carbocycles. The summed E-state index contributed by atoms with van der Waals surface area (Å²) in [6, 6.07) is 10.3. The molecule has 0 saturated heterocycles. The number of rotatable bonds is 7. The molecular weight excluding hydrogens is 435 g/mol. The number of nitrogens with zero attached hydrogens (tertiary/aromatic N) is 3. The quantitative estimate of drug-likeness (QED) is 0.313. The van der Waals surface area contributed by atoms with E-state index in [4.69, 9.17) is 0 Å². The average Bonchev–Trinajstić information content (AvgIpc) is 3.14. The van der Waals surface area contributed by atoms with E-state index in [2.05, 4.69) is 20.8 Å². The molecule has 0 atom stereocenters. The van der Waals surface area contributed by atoms with E-state index in [1.807, 2.05) is 0 Å². The van der Waals surface area contributed by atoms with Crippen LogP contribution in [0.5, 0.6) is 0 Å². The average molecular weight is 449 g/mol. The number of thiazole rings is 1. The summed E-state index contributed by atoms with van der Waals surface area (Å²) < 4.78 is 38.4. The molecule has 3 rings (SSSR count). The molecule has 0 unspecified atom stereocenters. The van der Waals surface area contributed by atoms with Gasteiger partial charge in [0.15, 0.2) is 5.13 Å². The number of non-ortho nitro benzene ring substituents is 1. The van der Waals surface area contributed by atoms with Crippen molar-refractivity contribution in [3.8, 4) is 0 Å². The molecule has 0 aliphatic rings. The first-order chi connectivity index (χ1) is 14.7. The first-order valence-electron chi connectivity index (χ1n) is 8.66. The van der Waals surface area contributed by atoms with Crippen molar-refractivity contribution < 1.29 is 22.9 Å². The van der Waals surface area contributed by atoms with Crippen molar-refractivity contribution in [2.24, 2.45) is 5.10 Å². The van der Waals surface area contributed by atoms with Gasteiger partial charge in [-0.3, -0.25) is 14.9 Å². The molecule has 12 heteroatoms. The first-order valence-corrected chi connectivity index (χ1v) is 9.54. The van der Waals surface area contributed by atoms with Gasteiger partial charge in [0.1, 0.15) is 0 Å². The van der Waals surface area contributed by atoms with Crippen LogP contribution < -0.4 is 10.7 Å². The molecule has 0 bridgehead atoms. The van der Waals surface area contributed by atoms with E-state index in [0.717, 1.165) is 23.5 Å². The highest BCUT2D eigenvalue weighted by Crippen LogP contribution is 2.31. The Balaban J connectivity index is 1.53. The number of anilines is 2. The van der Waals surface area contributed by atoms with Gasteiger partial charge in [0.05, 0.1) is 28.8 Å². The van der Waals surface area contributed by atoms with Crippen LogP contribution in [-0.4, -0.2) is 22.0 Å². The summed E-state index contributed by atoms with van der Waals surface area (Å²) in [4.78, 5) is 26.2. The fourth-order valence-corrected chi connectivity index (χ4v) is 3.14. The van der Waals surface area contributed by atoms with E-state index in [1.165, 1.54) is 42.6 Å². The highest BCUT2D eigenvalue weighted by molar-refractivity contribution is 7.13. The first kappa shape index (κ1) is 21.9. The molecule has 3 aromatic rings. The molecule has 2 aromatic carbocycles. The summed E-state index contributed by atoms with van der Waals surface area (Å²) in [5.74, 6) is -0.450. The number of carbonyl (C=O) groups is 1. The number of nitrogens with one attached hydrogen (secondary N) is 2. The Kier molecular flexibility index (Phi) is 6.60. The zero-order chi connectivity index (χ0) is 22.4. The van der Waals surface area contributed by atoms with Gasteiger partial charge < -0.3 is 5.32 Å². The molecule has 2 N–H and O–H groups in total. The van der Waals surface area contributed by atoms with Gasteiger partial charge in [0.25, 0.3) is 5.69 Å². The van der Waals surface area contributed by atoms with Crippen molar-refractivity contribution in [2.45, 2.75) is 12.6 Å². The summed E-state index contributed by atoms with van der Waals surface area (Å²) in [6.45, 7) is 0. The van der Waals surface area contributed by atoms with Gasteiger partial charge in [-0.1, -0.05) is 6.07 Å². The standard InChI is InChI=1S/C19H14F3N5O3S/c20-19(21,22)13-2-1-3-14(8-13)24-18-25-15(11-31-18)9-17(28)26-23-10-12-4-6-16(7-5-12)27(29)30/h1-8,10-11H,9H2,(H,24,25)(H,26,28). The number of benzene rings is 2. The third kappa shape index (κ3) is 6.34. The van der Waals surface area contributed by atoms with Crippen LogP contribution in [0.4, 0.5) is 29.7 Å². The maximum atomic E-state index is 12.8. The van der Waals surface area contributed by atoms with Crippen LogP contribution in [0.25, 0.3) is 0 Å². The van der Waals surface area contributed by atoms with E-state index < -0.39 is 22.6 Å². The Bertz CT molecular complexity index is 1110. The summed E-state index contributed by atoms with van der Waals surface area (Å²) in [5.41, 5.74) is 2.69. The summed E-state index contributed by atoms with van der Waals surface area (Å²) in [7, 11) is 0. The number of hydrogen-bond acceptors (Lipinski definition) is 7. The van der Waals surface area contributed by atoms with Crippen LogP contribution >= 0.6 is 11.3 Å². The van der Waals surface area contributed by atoms with E-state index >= 15 is 0 Å². The monoisotopic (exact) mass is 449 g/mol. The zero-order valence-electron chi connectivity index (χ0n) is 15.6. The molecule has 160 valence electrons. The Hall–Kier alpha value is -3.80. The lowest BCUT2D eigenvalue weighted by Crippen LogP contribution is -2.19. The Morgan fingerprint density at radius 3 is 2.65 bits per heavy atom. The number of aromatic nitrogens is 1. The Morgan fingerprint density at radius 2 is 1.97 bits per heavy atom. The second-order valence-electron chi connectivity index (χ2n) is 6.17. The van der Waals surface area contributed by atoms with Gasteiger partial charge in [-0.25, -0.2) is 10.4 Å². The summed E-state index contributed by atoms with van der Waals surface area (Å²) in [6.07, 6.45) is -3.19. The van der Waals surface area contributed by atoms with E-state index in [-0.39, 0.29) is 17.8 Å². The van der Waals surface area contributed by atoms with Crippen molar-refractivity contribution in [2.75, 3.05) is 5.32 Å². The van der Waals surface area contributed by atoms with Crippen molar-refractivity contribution in [3.05, 3.63) is 80.8 Å². The lowest BCUT2D eigenvalue weighted by molar-refractivity contribution is -0.384. The van der Waals surface area contributed by atoms with Gasteiger partial charge in [-0.2, -0.15) is 18.3 Å². The number of alkyl halides is 3. The number of hydrogen-bond donors (Lipinski definition) is 2. The van der Waals surface area contributed by atoms with Gasteiger partial charge in [0, 0.05) is 23.2 Å². The maximum absolute atomic E-state index is 12.8. The van der Waals surface area contributed by atoms with E-state index in [1.54, 1.807) is 5.38 Å². The van der Waals surface area contributed by atoms with E-state index in [9.17, 15) is 28.1 Å². The van der Waals surface area contributed by atoms with Crippen LogP contribution in [0.15, 0.2) is 59.0 Å². The highest BCUT2D eigenvalue weighted by Gasteiger charge is 2.30. The molecule has 0 aliphatic heterocycles. The van der Waals surface area contributed by atoms with Crippen molar-refractivity contribution in [3.63, 3.8) is 0 Å². The van der Waals surface area contributed by atoms with Crippen LogP contribution in [0.3, 0.4) is 0 Å². The molecule has 1 aromatic heterocycles. The number of halogens is 3. The summed E-state index contributed by atoms with van der Waals surface area (Å²) >= 11 is 1.15. The minimum absolute atomic E-state index is 0.0562. The van der Waals surface area contributed by atoms with Crippen LogP contribution in [-0.2, 0) is 17.4 Å². The molecule has 1 amide bonds. The third-order valence-electron chi connectivity index (χ3n) is 3.84. The van der Waals surface area contributed by atoms with Gasteiger partial charge in [-0.05, 0) is 35.9 Å². The molecule has 0 saturated carbocycles. The third-order valence-corrected chi connectivity index (χ3v) is 4.65. The normalized spacial score (nSPS) is 11.5. The van der Waals surface area contributed by atoms with Crippen LogP contribution in [0.2, 0.25) is 0 Å². The van der Waals surface area contributed by atoms with Gasteiger partial charge in [0.2, 0.25) is 5.91 Å². The smallest absolute Gasteiger partial charge is 0.332 e. The molecule has 0 radical (unpaired) electrons. The fourth-order valence-electron chi connectivity index (χ4n) is 2.41. The summed E-state index contributed by atoms with van der Waals surface area (Å²) in [5, 5.41) is 19.1. The number of hydrazone groups is 1. The molecule has 1 heterocycles. The minimum Gasteiger partial charge on any atom is -0.332 e. The topological polar surface area (TPSA) is 110 Å². The van der Waals surface area contributed by atoms with Crippen molar-refractivity contribution in [1.29, 1.82) is 0 Å². The highest BCUT2D eigenvalue weighted by atomic mass is 32.1. The molecule has 0 fully saturated rings. The number of nitro benzene ring substituents is 1. The predicted octanol–water partition coefficient (Wildman–Crippen LogP) is 4.51. The second kappa shape index (κ2) is 9.34. The molecular formula is C19H14F3N5O3S. The minimum atomic E-state index is -4.45. The number of carbonyl (C=O) groups excluding carboxylic acids is 1. The van der Waals surface area contributed by atoms with Crippen LogP contribution in [0, 0.1) is 10.1 Å². The lowest BCUT2D eigenvalue weighted by Gasteiger charge is -2.08. The zero-order valence-corrected chi connectivity index (χ0v) is 16.4. The predicted molar refractivity (Wildman–Crippen MR) is 109 cm³/mol. The fraction of sp³-hybridized carbons (Fsp3) is 0.105. The molecule has 8 nitrogen and oxygen atoms in total. The van der Waals surface area contributed by atoms with Gasteiger partial charge in [-0.15, -0.1) is 11.3 Å². The van der Waals surface area contributed by atoms with Crippen molar-refractivity contribution >= 4 is 40.0 Å². The van der Waals surface area contributed by atoms with Crippen molar-refractivity contribution in [1.82, 2.24) is 10.4 Å². The van der Waals surface area contributed by atoms with Gasteiger partial charge >= 0.3 is 6.18 Å². The SMILES string of the molecule is O=C(Cc1csc(Nc2cccc(C(F)(F)F)c2)n1)NN=Cc1ccc([N+](=O)[O-])cc1. The molecule has 0 spiro atoms.